The zero-order chi connectivity index (χ0) is 25.9. The second-order valence-electron chi connectivity index (χ2n) is 9.45. The Morgan fingerprint density at radius 2 is 1.74 bits per heavy atom. The number of anilines is 1. The summed E-state index contributed by atoms with van der Waals surface area (Å²) in [5.74, 6) is 0.0992. The minimum absolute atomic E-state index is 0.0458. The van der Waals surface area contributed by atoms with Crippen LogP contribution in [0.3, 0.4) is 0 Å². The van der Waals surface area contributed by atoms with E-state index >= 15 is 0 Å². The number of halogens is 1. The molecular formula is C25H35FN2O5S2. The summed E-state index contributed by atoms with van der Waals surface area (Å²) < 4.78 is 75.6. The molecule has 7 nitrogen and oxygen atoms in total. The number of hydrogen-bond acceptors (Lipinski definition) is 6. The Balaban J connectivity index is 1.99. The van der Waals surface area contributed by atoms with E-state index in [0.29, 0.717) is 5.69 Å². The summed E-state index contributed by atoms with van der Waals surface area (Å²) in [4.78, 5) is -0.164. The molecule has 0 spiro atoms. The molecule has 194 valence electrons. The molecule has 2 aromatic carbocycles. The zero-order valence-electron chi connectivity index (χ0n) is 20.8. The van der Waals surface area contributed by atoms with Gasteiger partial charge >= 0.3 is 0 Å². The summed E-state index contributed by atoms with van der Waals surface area (Å²) in [6, 6.07) is 11.3. The largest absolute Gasteiger partial charge is 0.489 e. The third-order valence-electron chi connectivity index (χ3n) is 5.96. The minimum Gasteiger partial charge on any atom is -0.489 e. The van der Waals surface area contributed by atoms with Gasteiger partial charge in [-0.15, -0.1) is 0 Å². The van der Waals surface area contributed by atoms with Crippen molar-refractivity contribution >= 4 is 25.4 Å². The Morgan fingerprint density at radius 3 is 2.29 bits per heavy atom. The standard InChI is InChI=1S/C25H35FN2O5S2/c1-5-20-6-8-21(9-7-20)28(17-19(2)3)35(30,31)22-10-11-23(24(16-22)34(4,27)29)33-18-25(26)12-14-32-15-13-25/h6-11,16,19,27H,5,12-15,17-18H2,1-4H3. The monoisotopic (exact) mass is 526 g/mol. The van der Waals surface area contributed by atoms with Gasteiger partial charge < -0.3 is 9.47 Å². The number of sulfonamides is 1. The van der Waals surface area contributed by atoms with E-state index in [1.54, 1.807) is 12.1 Å². The molecule has 0 amide bonds. The van der Waals surface area contributed by atoms with Crippen molar-refractivity contribution in [3.63, 3.8) is 0 Å². The van der Waals surface area contributed by atoms with Crippen LogP contribution in [-0.4, -0.2) is 50.9 Å². The molecule has 3 rings (SSSR count). The highest BCUT2D eigenvalue weighted by Crippen LogP contribution is 2.33. The van der Waals surface area contributed by atoms with Gasteiger partial charge in [0.05, 0.1) is 25.2 Å². The number of ether oxygens (including phenoxy) is 2. The first-order valence-corrected chi connectivity index (χ1v) is 15.2. The molecule has 1 N–H and O–H groups in total. The van der Waals surface area contributed by atoms with Crippen LogP contribution in [-0.2, 0) is 30.9 Å². The van der Waals surface area contributed by atoms with E-state index in [0.717, 1.165) is 12.0 Å². The molecule has 1 atom stereocenters. The van der Waals surface area contributed by atoms with Gasteiger partial charge in [-0.2, -0.15) is 0 Å². The Labute approximate surface area is 208 Å². The van der Waals surface area contributed by atoms with E-state index in [2.05, 4.69) is 0 Å². The second-order valence-corrected chi connectivity index (χ2v) is 13.4. The van der Waals surface area contributed by atoms with Crippen LogP contribution in [0.15, 0.2) is 52.3 Å². The van der Waals surface area contributed by atoms with Crippen molar-refractivity contribution in [2.75, 3.05) is 36.9 Å². The smallest absolute Gasteiger partial charge is 0.264 e. The summed E-state index contributed by atoms with van der Waals surface area (Å²) in [6.07, 6.45) is 2.39. The van der Waals surface area contributed by atoms with E-state index in [4.69, 9.17) is 14.3 Å². The van der Waals surface area contributed by atoms with Crippen molar-refractivity contribution in [3.8, 4) is 5.75 Å². The molecular weight excluding hydrogens is 491 g/mol. The number of benzene rings is 2. The molecule has 0 aliphatic carbocycles. The summed E-state index contributed by atoms with van der Waals surface area (Å²) in [5, 5.41) is 0. The van der Waals surface area contributed by atoms with Gasteiger partial charge in [0.2, 0.25) is 0 Å². The van der Waals surface area contributed by atoms with Gasteiger partial charge in [0, 0.05) is 38.9 Å². The normalized spacial score (nSPS) is 17.7. The van der Waals surface area contributed by atoms with Crippen LogP contribution in [0.4, 0.5) is 10.1 Å². The van der Waals surface area contributed by atoms with E-state index in [9.17, 15) is 17.0 Å². The van der Waals surface area contributed by atoms with Crippen LogP contribution in [0.1, 0.15) is 39.2 Å². The summed E-state index contributed by atoms with van der Waals surface area (Å²) >= 11 is 0. The average molecular weight is 527 g/mol. The summed E-state index contributed by atoms with van der Waals surface area (Å²) in [5.41, 5.74) is 0.0320. The lowest BCUT2D eigenvalue weighted by Gasteiger charge is -2.30. The highest BCUT2D eigenvalue weighted by Gasteiger charge is 2.34. The van der Waals surface area contributed by atoms with Crippen molar-refractivity contribution in [2.45, 2.75) is 55.5 Å². The second kappa shape index (κ2) is 10.8. The maximum atomic E-state index is 15.0. The zero-order valence-corrected chi connectivity index (χ0v) is 22.4. The maximum absolute atomic E-state index is 15.0. The van der Waals surface area contributed by atoms with Gasteiger partial charge in [0.15, 0.2) is 0 Å². The molecule has 1 heterocycles. The maximum Gasteiger partial charge on any atom is 0.264 e. The van der Waals surface area contributed by atoms with Gasteiger partial charge in [-0.05, 0) is 48.2 Å². The summed E-state index contributed by atoms with van der Waals surface area (Å²) in [6.45, 7) is 6.42. The van der Waals surface area contributed by atoms with Gasteiger partial charge in [0.25, 0.3) is 10.0 Å². The SMILES string of the molecule is CCc1ccc(N(CC(C)C)S(=O)(=O)c2ccc(OCC3(F)CCOCC3)c(S(C)(=N)=O)c2)cc1. The Bertz CT molecular complexity index is 1220. The number of alkyl halides is 1. The van der Waals surface area contributed by atoms with Crippen molar-refractivity contribution in [2.24, 2.45) is 5.92 Å². The fourth-order valence-corrected chi connectivity index (χ4v) is 6.45. The first kappa shape index (κ1) is 27.4. The van der Waals surface area contributed by atoms with Gasteiger partial charge in [-0.1, -0.05) is 32.9 Å². The highest BCUT2D eigenvalue weighted by molar-refractivity contribution is 7.93. The van der Waals surface area contributed by atoms with Crippen LogP contribution in [0.25, 0.3) is 0 Å². The number of aryl methyl sites for hydroxylation is 1. The lowest BCUT2D eigenvalue weighted by molar-refractivity contribution is -0.0328. The van der Waals surface area contributed by atoms with E-state index < -0.39 is 25.4 Å². The Hall–Kier alpha value is -2.17. The lowest BCUT2D eigenvalue weighted by atomic mass is 9.98. The molecule has 1 saturated heterocycles. The first-order chi connectivity index (χ1) is 16.4. The minimum atomic E-state index is -4.04. The van der Waals surface area contributed by atoms with Crippen LogP contribution < -0.4 is 9.04 Å². The van der Waals surface area contributed by atoms with Crippen LogP contribution in [0.2, 0.25) is 0 Å². The predicted octanol–water partition coefficient (Wildman–Crippen LogP) is 5.03. The molecule has 35 heavy (non-hydrogen) atoms. The quantitative estimate of drug-likeness (QED) is 0.468. The molecule has 0 radical (unpaired) electrons. The van der Waals surface area contributed by atoms with Gasteiger partial charge in [-0.3, -0.25) is 4.31 Å². The fourth-order valence-electron chi connectivity index (χ4n) is 3.86. The third-order valence-corrected chi connectivity index (χ3v) is 8.91. The number of nitrogens with one attached hydrogen (secondary N) is 1. The van der Waals surface area contributed by atoms with Crippen molar-refractivity contribution < 1.29 is 26.5 Å². The van der Waals surface area contributed by atoms with Gasteiger partial charge in [-0.25, -0.2) is 21.8 Å². The molecule has 1 unspecified atom stereocenters. The molecule has 1 fully saturated rings. The Morgan fingerprint density at radius 1 is 1.11 bits per heavy atom. The van der Waals surface area contributed by atoms with Crippen LogP contribution >= 0.6 is 0 Å². The van der Waals surface area contributed by atoms with E-state index in [-0.39, 0.29) is 60.7 Å². The number of rotatable bonds is 10. The molecule has 2 aromatic rings. The third kappa shape index (κ3) is 6.74. The first-order valence-electron chi connectivity index (χ1n) is 11.7. The average Bonchev–Trinajstić information content (AvgIpc) is 2.81. The molecule has 0 bridgehead atoms. The van der Waals surface area contributed by atoms with E-state index in [1.165, 1.54) is 28.8 Å². The summed E-state index contributed by atoms with van der Waals surface area (Å²) in [7, 11) is -7.40. The van der Waals surface area contributed by atoms with Gasteiger partial charge in [0.1, 0.15) is 18.0 Å². The van der Waals surface area contributed by atoms with E-state index in [1.807, 2.05) is 32.9 Å². The highest BCUT2D eigenvalue weighted by atomic mass is 32.2. The fraction of sp³-hybridized carbons (Fsp3) is 0.520. The Kier molecular flexibility index (Phi) is 8.49. The van der Waals surface area contributed by atoms with Crippen molar-refractivity contribution in [3.05, 3.63) is 48.0 Å². The van der Waals surface area contributed by atoms with Crippen LogP contribution in [0, 0.1) is 10.7 Å². The molecule has 10 heteroatoms. The molecule has 0 saturated carbocycles. The topological polar surface area (TPSA) is 96.8 Å². The lowest BCUT2D eigenvalue weighted by Crippen LogP contribution is -2.37. The van der Waals surface area contributed by atoms with Crippen molar-refractivity contribution in [1.82, 2.24) is 0 Å². The molecule has 1 aliphatic heterocycles. The van der Waals surface area contributed by atoms with Crippen LogP contribution in [0.5, 0.6) is 5.75 Å². The molecule has 1 aliphatic rings. The van der Waals surface area contributed by atoms with Crippen molar-refractivity contribution in [1.29, 1.82) is 4.78 Å². The predicted molar refractivity (Wildman–Crippen MR) is 136 cm³/mol. The number of nitrogens with zero attached hydrogens (tertiary/aromatic N) is 1. The molecule has 0 aromatic heterocycles. The number of hydrogen-bond donors (Lipinski definition) is 1.